The van der Waals surface area contributed by atoms with Crippen LogP contribution in [-0.2, 0) is 0 Å². The first-order valence-electron chi connectivity index (χ1n) is 5.42. The van der Waals surface area contributed by atoms with E-state index in [9.17, 15) is 8.78 Å². The summed E-state index contributed by atoms with van der Waals surface area (Å²) in [7, 11) is 1.83. The Labute approximate surface area is 94.6 Å². The van der Waals surface area contributed by atoms with Crippen LogP contribution in [0.25, 0.3) is 0 Å². The Morgan fingerprint density at radius 3 is 2.75 bits per heavy atom. The molecule has 0 aliphatic heterocycles. The van der Waals surface area contributed by atoms with E-state index in [4.69, 9.17) is 4.74 Å². The monoisotopic (exact) mass is 229 g/mol. The number of ether oxygens (including phenoxy) is 1. The minimum atomic E-state index is -0.534. The molecule has 90 valence electrons. The van der Waals surface area contributed by atoms with Crippen molar-refractivity contribution in [2.24, 2.45) is 0 Å². The van der Waals surface area contributed by atoms with Gasteiger partial charge in [0, 0.05) is 12.1 Å². The number of rotatable bonds is 6. The topological polar surface area (TPSA) is 21.3 Å². The van der Waals surface area contributed by atoms with Gasteiger partial charge in [-0.25, -0.2) is 8.78 Å². The van der Waals surface area contributed by atoms with Gasteiger partial charge in [0.25, 0.3) is 0 Å². The van der Waals surface area contributed by atoms with E-state index in [-0.39, 0.29) is 11.8 Å². The Kier molecular flexibility index (Phi) is 5.19. The van der Waals surface area contributed by atoms with Gasteiger partial charge >= 0.3 is 0 Å². The highest BCUT2D eigenvalue weighted by Crippen LogP contribution is 2.18. The maximum Gasteiger partial charge on any atom is 0.165 e. The number of nitrogens with one attached hydrogen (secondary N) is 1. The quantitative estimate of drug-likeness (QED) is 0.809. The summed E-state index contributed by atoms with van der Waals surface area (Å²) in [6.45, 7) is 2.40. The number of halogens is 2. The highest BCUT2D eigenvalue weighted by molar-refractivity contribution is 5.24. The van der Waals surface area contributed by atoms with Crippen molar-refractivity contribution in [3.05, 3.63) is 29.8 Å². The normalized spacial score (nSPS) is 12.5. The van der Waals surface area contributed by atoms with Crippen molar-refractivity contribution in [3.63, 3.8) is 0 Å². The molecule has 0 spiro atoms. The summed E-state index contributed by atoms with van der Waals surface area (Å²) in [6, 6.07) is 3.36. The molecule has 0 aromatic heterocycles. The van der Waals surface area contributed by atoms with E-state index in [1.54, 1.807) is 0 Å². The smallest absolute Gasteiger partial charge is 0.165 e. The van der Waals surface area contributed by atoms with Crippen molar-refractivity contribution < 1.29 is 13.5 Å². The first-order chi connectivity index (χ1) is 7.67. The van der Waals surface area contributed by atoms with Crippen LogP contribution in [0.5, 0.6) is 5.75 Å². The molecule has 2 nitrogen and oxygen atoms in total. The fraction of sp³-hybridized carbons (Fsp3) is 0.500. The standard InChI is InChI=1S/C12H17F2NO/c1-3-4-10(15-2)8-16-12-7-9(13)5-6-11(12)14/h5-7,10,15H,3-4,8H2,1-2H3. The lowest BCUT2D eigenvalue weighted by Crippen LogP contribution is -2.31. The summed E-state index contributed by atoms with van der Waals surface area (Å²) in [4.78, 5) is 0. The lowest BCUT2D eigenvalue weighted by Gasteiger charge is -2.16. The SMILES string of the molecule is CCCC(COc1cc(F)ccc1F)NC. The third kappa shape index (κ3) is 3.77. The Morgan fingerprint density at radius 2 is 2.12 bits per heavy atom. The minimum absolute atomic E-state index is 0.0312. The van der Waals surface area contributed by atoms with E-state index < -0.39 is 11.6 Å². The third-order valence-corrected chi connectivity index (χ3v) is 2.38. The predicted molar refractivity (Wildman–Crippen MR) is 59.6 cm³/mol. The zero-order valence-corrected chi connectivity index (χ0v) is 9.59. The van der Waals surface area contributed by atoms with Crippen molar-refractivity contribution in [1.29, 1.82) is 0 Å². The number of benzene rings is 1. The van der Waals surface area contributed by atoms with Gasteiger partial charge in [-0.3, -0.25) is 0 Å². The molecule has 0 saturated heterocycles. The first-order valence-corrected chi connectivity index (χ1v) is 5.42. The Balaban J connectivity index is 2.55. The molecule has 4 heteroatoms. The predicted octanol–water partition coefficient (Wildman–Crippen LogP) is 2.73. The highest BCUT2D eigenvalue weighted by Gasteiger charge is 2.09. The zero-order valence-electron chi connectivity index (χ0n) is 9.59. The second-order valence-electron chi connectivity index (χ2n) is 3.66. The maximum absolute atomic E-state index is 13.2. The molecule has 0 saturated carbocycles. The highest BCUT2D eigenvalue weighted by atomic mass is 19.1. The van der Waals surface area contributed by atoms with Gasteiger partial charge in [0.05, 0.1) is 0 Å². The van der Waals surface area contributed by atoms with E-state index >= 15 is 0 Å². The summed E-state index contributed by atoms with van der Waals surface area (Å²) < 4.78 is 31.3. The molecular weight excluding hydrogens is 212 g/mol. The molecule has 1 N–H and O–H groups in total. The van der Waals surface area contributed by atoms with Crippen molar-refractivity contribution in [3.8, 4) is 5.75 Å². The van der Waals surface area contributed by atoms with Crippen LogP contribution in [0.3, 0.4) is 0 Å². The zero-order chi connectivity index (χ0) is 12.0. The van der Waals surface area contributed by atoms with Gasteiger partial charge in [-0.05, 0) is 25.6 Å². The van der Waals surface area contributed by atoms with Crippen LogP contribution >= 0.6 is 0 Å². The van der Waals surface area contributed by atoms with Crippen LogP contribution in [0.15, 0.2) is 18.2 Å². The minimum Gasteiger partial charge on any atom is -0.489 e. The van der Waals surface area contributed by atoms with Gasteiger partial charge in [-0.2, -0.15) is 0 Å². The van der Waals surface area contributed by atoms with Crippen molar-refractivity contribution >= 4 is 0 Å². The van der Waals surface area contributed by atoms with Crippen LogP contribution in [0.2, 0.25) is 0 Å². The van der Waals surface area contributed by atoms with E-state index in [1.165, 1.54) is 0 Å². The van der Waals surface area contributed by atoms with Crippen LogP contribution in [-0.4, -0.2) is 19.7 Å². The summed E-state index contributed by atoms with van der Waals surface area (Å²) in [5.74, 6) is -1.06. The third-order valence-electron chi connectivity index (χ3n) is 2.38. The van der Waals surface area contributed by atoms with Gasteiger partial charge in [0.2, 0.25) is 0 Å². The molecule has 0 aliphatic rings. The van der Waals surface area contributed by atoms with E-state index in [0.717, 1.165) is 31.0 Å². The fourth-order valence-corrected chi connectivity index (χ4v) is 1.44. The Bertz CT molecular complexity index is 331. The second kappa shape index (κ2) is 6.43. The van der Waals surface area contributed by atoms with E-state index in [0.29, 0.717) is 6.61 Å². The Morgan fingerprint density at radius 1 is 1.38 bits per heavy atom. The summed E-state index contributed by atoms with van der Waals surface area (Å²) in [6.07, 6.45) is 1.95. The molecule has 0 heterocycles. The second-order valence-corrected chi connectivity index (χ2v) is 3.66. The number of likely N-dealkylation sites (N-methyl/N-ethyl adjacent to an activating group) is 1. The van der Waals surface area contributed by atoms with Gasteiger partial charge in [0.1, 0.15) is 12.4 Å². The van der Waals surface area contributed by atoms with Crippen molar-refractivity contribution in [2.75, 3.05) is 13.7 Å². The van der Waals surface area contributed by atoms with Gasteiger partial charge < -0.3 is 10.1 Å². The largest absolute Gasteiger partial charge is 0.489 e. The van der Waals surface area contributed by atoms with Crippen LogP contribution in [0.4, 0.5) is 8.78 Å². The molecule has 16 heavy (non-hydrogen) atoms. The van der Waals surface area contributed by atoms with E-state index in [2.05, 4.69) is 12.2 Å². The number of hydrogen-bond donors (Lipinski definition) is 1. The molecule has 0 aliphatic carbocycles. The molecule has 0 amide bonds. The van der Waals surface area contributed by atoms with Crippen LogP contribution < -0.4 is 10.1 Å². The van der Waals surface area contributed by atoms with Gasteiger partial charge in [0.15, 0.2) is 11.6 Å². The molecule has 0 fully saturated rings. The molecule has 1 rings (SSSR count). The molecule has 1 aromatic rings. The molecule has 1 aromatic carbocycles. The first kappa shape index (κ1) is 12.9. The summed E-state index contributed by atoms with van der Waals surface area (Å²) in [5.41, 5.74) is 0. The number of hydrogen-bond acceptors (Lipinski definition) is 2. The van der Waals surface area contributed by atoms with Crippen molar-refractivity contribution in [1.82, 2.24) is 5.32 Å². The van der Waals surface area contributed by atoms with Crippen molar-refractivity contribution in [2.45, 2.75) is 25.8 Å². The van der Waals surface area contributed by atoms with Crippen LogP contribution in [0, 0.1) is 11.6 Å². The molecule has 1 unspecified atom stereocenters. The van der Waals surface area contributed by atoms with Crippen LogP contribution in [0.1, 0.15) is 19.8 Å². The lowest BCUT2D eigenvalue weighted by atomic mass is 10.2. The van der Waals surface area contributed by atoms with Gasteiger partial charge in [-0.1, -0.05) is 13.3 Å². The summed E-state index contributed by atoms with van der Waals surface area (Å²) >= 11 is 0. The average molecular weight is 229 g/mol. The lowest BCUT2D eigenvalue weighted by molar-refractivity contribution is 0.251. The average Bonchev–Trinajstić information content (AvgIpc) is 2.28. The maximum atomic E-state index is 13.2. The molecular formula is C12H17F2NO. The molecule has 1 atom stereocenters. The Hall–Kier alpha value is -1.16. The molecule has 0 radical (unpaired) electrons. The van der Waals surface area contributed by atoms with E-state index in [1.807, 2.05) is 7.05 Å². The molecule has 0 bridgehead atoms. The fourth-order valence-electron chi connectivity index (χ4n) is 1.44. The summed E-state index contributed by atoms with van der Waals surface area (Å²) in [5, 5.41) is 3.07. The van der Waals surface area contributed by atoms with Gasteiger partial charge in [-0.15, -0.1) is 0 Å².